The molecule has 0 aromatic heterocycles. The van der Waals surface area contributed by atoms with Gasteiger partial charge in [-0.3, -0.25) is 4.79 Å². The van der Waals surface area contributed by atoms with E-state index in [-0.39, 0.29) is 0 Å². The zero-order valence-corrected chi connectivity index (χ0v) is 9.52. The molecule has 3 heteroatoms. The summed E-state index contributed by atoms with van der Waals surface area (Å²) in [6.07, 6.45) is 6.24. The van der Waals surface area contributed by atoms with Crippen LogP contribution in [0.15, 0.2) is 12.7 Å². The van der Waals surface area contributed by atoms with Crippen LogP contribution < -0.4 is 0 Å². The first-order valence-electron chi connectivity index (χ1n) is 5.31. The van der Waals surface area contributed by atoms with E-state index >= 15 is 0 Å². The van der Waals surface area contributed by atoms with Gasteiger partial charge >= 0.3 is 0 Å². The van der Waals surface area contributed by atoms with Gasteiger partial charge in [0.15, 0.2) is 0 Å². The highest BCUT2D eigenvalue weighted by atomic mass is 32.2. The first kappa shape index (κ1) is 11.6. The summed E-state index contributed by atoms with van der Waals surface area (Å²) in [4.78, 5) is 13.7. The molecule has 14 heavy (non-hydrogen) atoms. The Bertz CT molecular complexity index is 188. The number of thioether (sulfide) groups is 1. The molecule has 1 amide bonds. The van der Waals surface area contributed by atoms with Crippen LogP contribution in [0.1, 0.15) is 25.7 Å². The second-order valence-electron chi connectivity index (χ2n) is 3.56. The number of carbonyl (C=O) groups is 1. The largest absolute Gasteiger partial charge is 0.343 e. The van der Waals surface area contributed by atoms with E-state index in [0.29, 0.717) is 12.3 Å². The molecule has 0 aromatic carbocycles. The van der Waals surface area contributed by atoms with Gasteiger partial charge in [0, 0.05) is 31.0 Å². The lowest BCUT2D eigenvalue weighted by molar-refractivity contribution is -0.131. The minimum absolute atomic E-state index is 0.335. The fraction of sp³-hybridized carbons (Fsp3) is 0.727. The number of nitrogens with zero attached hydrogens (tertiary/aromatic N) is 1. The van der Waals surface area contributed by atoms with Gasteiger partial charge < -0.3 is 4.90 Å². The van der Waals surface area contributed by atoms with Crippen LogP contribution in [-0.2, 0) is 4.79 Å². The highest BCUT2D eigenvalue weighted by molar-refractivity contribution is 7.99. The normalized spacial score (nSPS) is 16.7. The third-order valence-electron chi connectivity index (χ3n) is 2.40. The molecule has 0 bridgehead atoms. The summed E-state index contributed by atoms with van der Waals surface area (Å²) < 4.78 is 0. The average Bonchev–Trinajstić information content (AvgIpc) is 2.25. The maximum Gasteiger partial charge on any atom is 0.223 e. The van der Waals surface area contributed by atoms with Crippen molar-refractivity contribution in [3.05, 3.63) is 12.7 Å². The Morgan fingerprint density at radius 3 is 2.71 bits per heavy atom. The summed E-state index contributed by atoms with van der Waals surface area (Å²) in [7, 11) is 0. The lowest BCUT2D eigenvalue weighted by Gasteiger charge is -2.26. The van der Waals surface area contributed by atoms with Crippen LogP contribution in [-0.4, -0.2) is 35.4 Å². The van der Waals surface area contributed by atoms with E-state index < -0.39 is 0 Å². The van der Waals surface area contributed by atoms with Crippen molar-refractivity contribution in [2.75, 3.05) is 24.6 Å². The summed E-state index contributed by atoms with van der Waals surface area (Å²) in [6, 6.07) is 0. The molecular weight excluding hydrogens is 194 g/mol. The molecule has 0 aromatic rings. The van der Waals surface area contributed by atoms with Gasteiger partial charge in [-0.15, -0.1) is 6.58 Å². The number of hydrogen-bond acceptors (Lipinski definition) is 2. The molecule has 0 unspecified atom stereocenters. The minimum Gasteiger partial charge on any atom is -0.343 e. The van der Waals surface area contributed by atoms with Crippen LogP contribution in [0, 0.1) is 0 Å². The smallest absolute Gasteiger partial charge is 0.223 e. The zero-order valence-electron chi connectivity index (χ0n) is 8.71. The molecule has 1 aliphatic heterocycles. The molecular formula is C11H19NOS. The van der Waals surface area contributed by atoms with E-state index in [1.807, 2.05) is 11.0 Å². The summed E-state index contributed by atoms with van der Waals surface area (Å²) in [5, 5.41) is 0. The Balaban J connectivity index is 2.10. The molecule has 1 rings (SSSR count). The fourth-order valence-electron chi connectivity index (χ4n) is 1.63. The number of hydrogen-bond donors (Lipinski definition) is 0. The predicted molar refractivity (Wildman–Crippen MR) is 62.6 cm³/mol. The SMILES string of the molecule is C=CCSCCC(=O)N1CCCCC1. The standard InChI is InChI=1S/C11H19NOS/c1-2-9-14-10-6-11(13)12-7-4-3-5-8-12/h2H,1,3-10H2. The maximum absolute atomic E-state index is 11.6. The van der Waals surface area contributed by atoms with Crippen molar-refractivity contribution in [2.24, 2.45) is 0 Å². The van der Waals surface area contributed by atoms with Gasteiger partial charge in [-0.25, -0.2) is 0 Å². The third kappa shape index (κ3) is 4.18. The number of carbonyl (C=O) groups excluding carboxylic acids is 1. The first-order chi connectivity index (χ1) is 6.84. The number of rotatable bonds is 5. The van der Waals surface area contributed by atoms with Crippen molar-refractivity contribution in [1.29, 1.82) is 0 Å². The summed E-state index contributed by atoms with van der Waals surface area (Å²) in [5.41, 5.74) is 0. The van der Waals surface area contributed by atoms with Gasteiger partial charge in [-0.2, -0.15) is 11.8 Å². The molecule has 2 nitrogen and oxygen atoms in total. The molecule has 0 aliphatic carbocycles. The van der Waals surface area contributed by atoms with Crippen molar-refractivity contribution in [2.45, 2.75) is 25.7 Å². The van der Waals surface area contributed by atoms with Crippen molar-refractivity contribution < 1.29 is 4.79 Å². The van der Waals surface area contributed by atoms with Gasteiger partial charge in [0.05, 0.1) is 0 Å². The van der Waals surface area contributed by atoms with Gasteiger partial charge in [-0.05, 0) is 19.3 Å². The van der Waals surface area contributed by atoms with E-state index in [1.165, 1.54) is 19.3 Å². The molecule has 0 spiro atoms. The molecule has 0 atom stereocenters. The van der Waals surface area contributed by atoms with Crippen molar-refractivity contribution in [3.63, 3.8) is 0 Å². The monoisotopic (exact) mass is 213 g/mol. The van der Waals surface area contributed by atoms with Crippen LogP contribution in [0.25, 0.3) is 0 Å². The lowest BCUT2D eigenvalue weighted by atomic mass is 10.1. The highest BCUT2D eigenvalue weighted by Gasteiger charge is 2.15. The van der Waals surface area contributed by atoms with Crippen LogP contribution in [0.5, 0.6) is 0 Å². The van der Waals surface area contributed by atoms with E-state index in [2.05, 4.69) is 6.58 Å². The van der Waals surface area contributed by atoms with E-state index in [0.717, 1.165) is 24.6 Å². The average molecular weight is 213 g/mol. The van der Waals surface area contributed by atoms with Crippen molar-refractivity contribution >= 4 is 17.7 Å². The molecule has 80 valence electrons. The van der Waals surface area contributed by atoms with Crippen molar-refractivity contribution in [1.82, 2.24) is 4.90 Å². The number of amides is 1. The predicted octanol–water partition coefficient (Wildman–Crippen LogP) is 2.31. The molecule has 1 saturated heterocycles. The number of likely N-dealkylation sites (tertiary alicyclic amines) is 1. The Labute approximate surface area is 90.7 Å². The van der Waals surface area contributed by atoms with Crippen LogP contribution in [0.3, 0.4) is 0 Å². The van der Waals surface area contributed by atoms with Gasteiger partial charge in [-0.1, -0.05) is 6.08 Å². The second kappa shape index (κ2) is 6.93. The second-order valence-corrected chi connectivity index (χ2v) is 4.70. The topological polar surface area (TPSA) is 20.3 Å². The highest BCUT2D eigenvalue weighted by Crippen LogP contribution is 2.11. The summed E-state index contributed by atoms with van der Waals surface area (Å²) in [6.45, 7) is 5.61. The summed E-state index contributed by atoms with van der Waals surface area (Å²) >= 11 is 1.78. The van der Waals surface area contributed by atoms with Gasteiger partial charge in [0.25, 0.3) is 0 Å². The molecule has 1 fully saturated rings. The van der Waals surface area contributed by atoms with Gasteiger partial charge in [0.2, 0.25) is 5.91 Å². The maximum atomic E-state index is 11.6. The fourth-order valence-corrected chi connectivity index (χ4v) is 2.28. The first-order valence-corrected chi connectivity index (χ1v) is 6.46. The van der Waals surface area contributed by atoms with Crippen molar-refractivity contribution in [3.8, 4) is 0 Å². The quantitative estimate of drug-likeness (QED) is 0.516. The summed E-state index contributed by atoms with van der Waals surface area (Å²) in [5.74, 6) is 2.22. The van der Waals surface area contributed by atoms with Crippen LogP contribution in [0.4, 0.5) is 0 Å². The molecule has 0 radical (unpaired) electrons. The third-order valence-corrected chi connectivity index (χ3v) is 3.37. The van der Waals surface area contributed by atoms with Gasteiger partial charge in [0.1, 0.15) is 0 Å². The zero-order chi connectivity index (χ0) is 10.2. The molecule has 1 aliphatic rings. The molecule has 0 saturated carbocycles. The lowest BCUT2D eigenvalue weighted by Crippen LogP contribution is -2.35. The Kier molecular flexibility index (Phi) is 5.76. The van der Waals surface area contributed by atoms with E-state index in [9.17, 15) is 4.79 Å². The Morgan fingerprint density at radius 1 is 1.36 bits per heavy atom. The van der Waals surface area contributed by atoms with E-state index in [4.69, 9.17) is 0 Å². The van der Waals surface area contributed by atoms with Crippen LogP contribution >= 0.6 is 11.8 Å². The van der Waals surface area contributed by atoms with Crippen LogP contribution in [0.2, 0.25) is 0 Å². The Hall–Kier alpha value is -0.440. The molecule has 0 N–H and O–H groups in total. The number of piperidine rings is 1. The minimum atomic E-state index is 0.335. The van der Waals surface area contributed by atoms with E-state index in [1.54, 1.807) is 11.8 Å². The molecule has 1 heterocycles. The Morgan fingerprint density at radius 2 is 2.07 bits per heavy atom.